The van der Waals surface area contributed by atoms with Gasteiger partial charge in [0.25, 0.3) is 0 Å². The number of nitrogens with zero attached hydrogens (tertiary/aromatic N) is 3. The first kappa shape index (κ1) is 15.4. The molecule has 0 aromatic carbocycles. The molecule has 0 radical (unpaired) electrons. The smallest absolute Gasteiger partial charge is 0.240 e. The van der Waals surface area contributed by atoms with Gasteiger partial charge in [-0.05, 0) is 25.3 Å². The minimum absolute atomic E-state index is 0.152. The largest absolute Gasteiger partial charge is 0.395 e. The first-order valence-electron chi connectivity index (χ1n) is 7.55. The summed E-state index contributed by atoms with van der Waals surface area (Å²) in [6.07, 6.45) is 3.27. The van der Waals surface area contributed by atoms with Gasteiger partial charge < -0.3 is 14.9 Å². The lowest BCUT2D eigenvalue weighted by Gasteiger charge is -2.23. The Labute approximate surface area is 120 Å². The number of aliphatic hydroxyl groups is 1. The average molecular weight is 282 g/mol. The van der Waals surface area contributed by atoms with Gasteiger partial charge in [0.05, 0.1) is 13.2 Å². The molecule has 1 aromatic rings. The van der Waals surface area contributed by atoms with E-state index in [1.54, 1.807) is 0 Å². The van der Waals surface area contributed by atoms with E-state index in [1.165, 1.54) is 12.8 Å². The highest BCUT2D eigenvalue weighted by molar-refractivity contribution is 4.88. The van der Waals surface area contributed by atoms with Crippen LogP contribution in [0, 0.1) is 5.92 Å². The van der Waals surface area contributed by atoms with Crippen LogP contribution in [0.25, 0.3) is 0 Å². The van der Waals surface area contributed by atoms with Crippen molar-refractivity contribution < 1.29 is 9.63 Å². The Morgan fingerprint density at radius 2 is 2.35 bits per heavy atom. The van der Waals surface area contributed by atoms with Gasteiger partial charge in [-0.2, -0.15) is 4.98 Å². The Morgan fingerprint density at radius 1 is 1.50 bits per heavy atom. The molecule has 6 heteroatoms. The molecule has 114 valence electrons. The van der Waals surface area contributed by atoms with Crippen LogP contribution in [0.15, 0.2) is 4.52 Å². The fraction of sp³-hybridized carbons (Fsp3) is 0.857. The molecular weight excluding hydrogens is 256 g/mol. The third-order valence-corrected chi connectivity index (χ3v) is 3.52. The van der Waals surface area contributed by atoms with Crippen molar-refractivity contribution in [1.29, 1.82) is 0 Å². The van der Waals surface area contributed by atoms with Gasteiger partial charge in [-0.3, -0.25) is 4.90 Å². The Balaban J connectivity index is 1.87. The number of aromatic nitrogens is 2. The molecule has 2 heterocycles. The van der Waals surface area contributed by atoms with Crippen LogP contribution in [0.2, 0.25) is 0 Å². The normalized spacial score (nSPS) is 19.4. The summed E-state index contributed by atoms with van der Waals surface area (Å²) in [6, 6.07) is 0.514. The van der Waals surface area contributed by atoms with Gasteiger partial charge in [0.15, 0.2) is 5.82 Å². The number of nitrogens with one attached hydrogen (secondary N) is 1. The zero-order chi connectivity index (χ0) is 14.4. The van der Waals surface area contributed by atoms with E-state index >= 15 is 0 Å². The van der Waals surface area contributed by atoms with Crippen LogP contribution in [0.1, 0.15) is 38.4 Å². The summed E-state index contributed by atoms with van der Waals surface area (Å²) < 4.78 is 5.30. The molecule has 1 atom stereocenters. The second-order valence-corrected chi connectivity index (χ2v) is 5.95. The summed E-state index contributed by atoms with van der Waals surface area (Å²) in [5.41, 5.74) is 0. The van der Waals surface area contributed by atoms with E-state index in [0.29, 0.717) is 30.9 Å². The minimum atomic E-state index is 0.152. The van der Waals surface area contributed by atoms with Gasteiger partial charge in [-0.1, -0.05) is 19.0 Å². The second kappa shape index (κ2) is 7.71. The molecular formula is C14H26N4O2. The fourth-order valence-electron chi connectivity index (χ4n) is 2.59. The molecule has 1 fully saturated rings. The van der Waals surface area contributed by atoms with Crippen LogP contribution in [0.4, 0.5) is 0 Å². The Morgan fingerprint density at radius 3 is 3.00 bits per heavy atom. The van der Waals surface area contributed by atoms with Gasteiger partial charge >= 0.3 is 0 Å². The van der Waals surface area contributed by atoms with Gasteiger partial charge in [0.1, 0.15) is 0 Å². The van der Waals surface area contributed by atoms with Crippen molar-refractivity contribution in [1.82, 2.24) is 20.4 Å². The lowest BCUT2D eigenvalue weighted by atomic mass is 10.1. The second-order valence-electron chi connectivity index (χ2n) is 5.95. The van der Waals surface area contributed by atoms with Crippen LogP contribution in [-0.2, 0) is 13.0 Å². The molecule has 6 nitrogen and oxygen atoms in total. The van der Waals surface area contributed by atoms with Crippen LogP contribution < -0.4 is 5.32 Å². The van der Waals surface area contributed by atoms with Crippen molar-refractivity contribution >= 4 is 0 Å². The maximum atomic E-state index is 9.18. The third-order valence-electron chi connectivity index (χ3n) is 3.52. The predicted molar refractivity (Wildman–Crippen MR) is 76.2 cm³/mol. The van der Waals surface area contributed by atoms with E-state index in [4.69, 9.17) is 4.52 Å². The lowest BCUT2D eigenvalue weighted by Crippen LogP contribution is -2.38. The quantitative estimate of drug-likeness (QED) is 0.735. The number of aliphatic hydroxyl groups excluding tert-OH is 1. The van der Waals surface area contributed by atoms with Crippen molar-refractivity contribution in [3.8, 4) is 0 Å². The average Bonchev–Trinajstić information content (AvgIpc) is 3.01. The highest BCUT2D eigenvalue weighted by Crippen LogP contribution is 2.10. The summed E-state index contributed by atoms with van der Waals surface area (Å²) in [5, 5.41) is 16.7. The van der Waals surface area contributed by atoms with E-state index in [9.17, 15) is 5.11 Å². The van der Waals surface area contributed by atoms with Gasteiger partial charge in [0, 0.05) is 25.6 Å². The van der Waals surface area contributed by atoms with Gasteiger partial charge in [0.2, 0.25) is 5.89 Å². The predicted octanol–water partition coefficient (Wildman–Crippen LogP) is 0.814. The Hall–Kier alpha value is -0.980. The van der Waals surface area contributed by atoms with Crippen LogP contribution in [0.3, 0.4) is 0 Å². The van der Waals surface area contributed by atoms with Crippen molar-refractivity contribution in [2.75, 3.05) is 26.2 Å². The molecule has 20 heavy (non-hydrogen) atoms. The van der Waals surface area contributed by atoms with Gasteiger partial charge in [-0.25, -0.2) is 0 Å². The van der Waals surface area contributed by atoms with Gasteiger partial charge in [-0.15, -0.1) is 0 Å². The zero-order valence-corrected chi connectivity index (χ0v) is 12.5. The molecule has 2 N–H and O–H groups in total. The van der Waals surface area contributed by atoms with E-state index in [0.717, 1.165) is 25.3 Å². The summed E-state index contributed by atoms with van der Waals surface area (Å²) in [5.74, 6) is 1.95. The number of hydrogen-bond acceptors (Lipinski definition) is 6. The highest BCUT2D eigenvalue weighted by atomic mass is 16.5. The van der Waals surface area contributed by atoms with E-state index < -0.39 is 0 Å². The maximum Gasteiger partial charge on any atom is 0.240 e. The molecule has 0 bridgehead atoms. The molecule has 1 aliphatic heterocycles. The molecule has 0 saturated carbocycles. The van der Waals surface area contributed by atoms with Crippen LogP contribution in [0.5, 0.6) is 0 Å². The molecule has 1 saturated heterocycles. The van der Waals surface area contributed by atoms with Crippen molar-refractivity contribution in [2.24, 2.45) is 5.92 Å². The minimum Gasteiger partial charge on any atom is -0.395 e. The highest BCUT2D eigenvalue weighted by Gasteiger charge is 2.19. The van der Waals surface area contributed by atoms with E-state index in [1.807, 2.05) is 0 Å². The Bertz CT molecular complexity index is 388. The van der Waals surface area contributed by atoms with E-state index in [-0.39, 0.29) is 6.61 Å². The monoisotopic (exact) mass is 282 g/mol. The molecule has 1 aromatic heterocycles. The van der Waals surface area contributed by atoms with Crippen molar-refractivity contribution in [3.63, 3.8) is 0 Å². The van der Waals surface area contributed by atoms with E-state index in [2.05, 4.69) is 34.2 Å². The SMILES string of the molecule is CC(C)Cc1noc(CN(CCO)CC2CCCN2)n1. The molecule has 0 amide bonds. The molecule has 2 rings (SSSR count). The summed E-state index contributed by atoms with van der Waals surface area (Å²) in [4.78, 5) is 6.60. The Kier molecular flexibility index (Phi) is 5.94. The van der Waals surface area contributed by atoms with Crippen LogP contribution >= 0.6 is 0 Å². The molecule has 1 aliphatic rings. The number of rotatable bonds is 8. The number of hydrogen-bond donors (Lipinski definition) is 2. The summed E-state index contributed by atoms with van der Waals surface area (Å²) in [6.45, 7) is 7.70. The first-order valence-corrected chi connectivity index (χ1v) is 7.55. The summed E-state index contributed by atoms with van der Waals surface area (Å²) in [7, 11) is 0. The van der Waals surface area contributed by atoms with Crippen LogP contribution in [-0.4, -0.2) is 52.4 Å². The topological polar surface area (TPSA) is 74.4 Å². The van der Waals surface area contributed by atoms with Crippen molar-refractivity contribution in [2.45, 2.75) is 45.7 Å². The first-order chi connectivity index (χ1) is 9.67. The summed E-state index contributed by atoms with van der Waals surface area (Å²) >= 11 is 0. The maximum absolute atomic E-state index is 9.18. The standard InChI is InChI=1S/C14H26N4O2/c1-11(2)8-13-16-14(20-17-13)10-18(6-7-19)9-12-4-3-5-15-12/h11-12,15,19H,3-10H2,1-2H3. The zero-order valence-electron chi connectivity index (χ0n) is 12.5. The molecule has 0 spiro atoms. The molecule has 1 unspecified atom stereocenters. The fourth-order valence-corrected chi connectivity index (χ4v) is 2.59. The lowest BCUT2D eigenvalue weighted by molar-refractivity contribution is 0.163. The third kappa shape index (κ3) is 4.85. The molecule has 0 aliphatic carbocycles. The van der Waals surface area contributed by atoms with Crippen molar-refractivity contribution in [3.05, 3.63) is 11.7 Å².